The maximum absolute atomic E-state index is 10.6. The summed E-state index contributed by atoms with van der Waals surface area (Å²) in [6.07, 6.45) is 17.4. The molecule has 0 radical (unpaired) electrons. The van der Waals surface area contributed by atoms with Crippen LogP contribution in [0.1, 0.15) is 105 Å². The maximum atomic E-state index is 10.6. The van der Waals surface area contributed by atoms with Crippen molar-refractivity contribution in [2.45, 2.75) is 125 Å². The molecule has 2 fully saturated rings. The average molecular weight is 497 g/mol. The molecule has 0 aromatic carbocycles. The van der Waals surface area contributed by atoms with Crippen LogP contribution >= 0.6 is 0 Å². The predicted octanol–water partition coefficient (Wildman–Crippen LogP) is 8.14. The van der Waals surface area contributed by atoms with E-state index in [-0.39, 0.29) is 6.10 Å². The summed E-state index contributed by atoms with van der Waals surface area (Å²) in [6.45, 7) is 12.1. The van der Waals surface area contributed by atoms with Crippen LogP contribution in [0, 0.1) is 23.2 Å². The molecule has 1 N–H and O–H groups in total. The average Bonchev–Trinajstić information content (AvgIpc) is 3.05. The van der Waals surface area contributed by atoms with Gasteiger partial charge in [0.05, 0.1) is 0 Å². The quantitative estimate of drug-likeness (QED) is 0.270. The van der Waals surface area contributed by atoms with Gasteiger partial charge in [0, 0.05) is 0 Å². The first-order chi connectivity index (χ1) is 13.4. The molecule has 0 spiro atoms. The van der Waals surface area contributed by atoms with Crippen molar-refractivity contribution in [3.05, 3.63) is 10.2 Å². The Morgan fingerprint density at radius 1 is 0.964 bits per heavy atom. The van der Waals surface area contributed by atoms with Gasteiger partial charge in [-0.2, -0.15) is 0 Å². The van der Waals surface area contributed by atoms with Crippen LogP contribution in [0.5, 0.6) is 0 Å². The Balaban J connectivity index is 2.14. The number of rotatable bonds is 12. The van der Waals surface area contributed by atoms with Crippen LogP contribution in [0.4, 0.5) is 0 Å². The zero-order valence-corrected chi connectivity index (χ0v) is 22.7. The van der Waals surface area contributed by atoms with Crippen LogP contribution in [0.15, 0.2) is 10.2 Å². The van der Waals surface area contributed by atoms with E-state index >= 15 is 0 Å². The van der Waals surface area contributed by atoms with E-state index in [9.17, 15) is 5.11 Å². The molecule has 2 rings (SSSR count). The molecule has 0 aromatic rings. The van der Waals surface area contributed by atoms with Crippen LogP contribution in [0.3, 0.4) is 0 Å². The van der Waals surface area contributed by atoms with Crippen LogP contribution in [-0.2, 0) is 0 Å². The number of hydrogen-bond acceptors (Lipinski definition) is 1. The Bertz CT molecular complexity index is 451. The molecule has 0 saturated heterocycles. The van der Waals surface area contributed by atoms with E-state index < -0.39 is 18.4 Å². The third-order valence-electron chi connectivity index (χ3n) is 8.64. The van der Waals surface area contributed by atoms with Crippen molar-refractivity contribution in [2.75, 3.05) is 0 Å². The number of aliphatic hydroxyl groups excluding tert-OH is 1. The fraction of sp³-hybridized carbons (Fsp3) is 0.923. The van der Waals surface area contributed by atoms with Gasteiger partial charge in [-0.3, -0.25) is 0 Å². The molecule has 0 bridgehead atoms. The molecule has 0 aliphatic heterocycles. The Labute approximate surface area is 181 Å². The molecule has 2 saturated carbocycles. The Kier molecular flexibility index (Phi) is 10.4. The van der Waals surface area contributed by atoms with Crippen molar-refractivity contribution in [3.63, 3.8) is 0 Å². The SMILES string of the molecule is CCC[CH2][Sn](/[CH]=C/[C@@H](C)[C@H]1CC[C@H]2[C@@H](O)CCC[C@]12C)([CH2]CCC)[CH2]CCC. The fourth-order valence-electron chi connectivity index (χ4n) is 6.75. The Morgan fingerprint density at radius 2 is 1.54 bits per heavy atom. The molecule has 2 heteroatoms. The first kappa shape index (κ1) is 24.8. The van der Waals surface area contributed by atoms with Gasteiger partial charge < -0.3 is 0 Å². The van der Waals surface area contributed by atoms with E-state index in [0.29, 0.717) is 17.3 Å². The van der Waals surface area contributed by atoms with Crippen molar-refractivity contribution in [2.24, 2.45) is 23.2 Å². The summed E-state index contributed by atoms with van der Waals surface area (Å²) >= 11 is -2.16. The van der Waals surface area contributed by atoms with Gasteiger partial charge in [0.1, 0.15) is 0 Å². The Morgan fingerprint density at radius 3 is 2.07 bits per heavy atom. The number of fused-ring (bicyclic) bond motifs is 1. The molecular formula is C26H50OSn. The number of allylic oxidation sites excluding steroid dienone is 1. The van der Waals surface area contributed by atoms with Crippen molar-refractivity contribution in [1.82, 2.24) is 0 Å². The predicted molar refractivity (Wildman–Crippen MR) is 127 cm³/mol. The van der Waals surface area contributed by atoms with Gasteiger partial charge in [-0.05, 0) is 0 Å². The van der Waals surface area contributed by atoms with Gasteiger partial charge in [0.25, 0.3) is 0 Å². The van der Waals surface area contributed by atoms with Crippen LogP contribution in [0.2, 0.25) is 13.3 Å². The summed E-state index contributed by atoms with van der Waals surface area (Å²) in [4.78, 5) is 0. The third-order valence-corrected chi connectivity index (χ3v) is 22.8. The van der Waals surface area contributed by atoms with Gasteiger partial charge in [-0.1, -0.05) is 0 Å². The fourth-order valence-corrected chi connectivity index (χ4v) is 21.4. The van der Waals surface area contributed by atoms with Gasteiger partial charge in [0.2, 0.25) is 0 Å². The second kappa shape index (κ2) is 11.8. The normalized spacial score (nSPS) is 32.0. The number of unbranched alkanes of at least 4 members (excludes halogenated alkanes) is 3. The molecule has 1 nitrogen and oxygen atoms in total. The monoisotopic (exact) mass is 498 g/mol. The minimum absolute atomic E-state index is 0.0307. The number of aliphatic hydroxyl groups is 1. The molecule has 5 atom stereocenters. The molecule has 0 heterocycles. The Hall–Kier alpha value is 0.499. The molecule has 0 aromatic heterocycles. The van der Waals surface area contributed by atoms with Gasteiger partial charge in [0.15, 0.2) is 0 Å². The summed E-state index contributed by atoms with van der Waals surface area (Å²) in [6, 6.07) is 0. The molecular weight excluding hydrogens is 447 g/mol. The number of hydrogen-bond donors (Lipinski definition) is 1. The topological polar surface area (TPSA) is 20.2 Å². The first-order valence-electron chi connectivity index (χ1n) is 12.8. The summed E-state index contributed by atoms with van der Waals surface area (Å²) < 4.78 is 7.64. The minimum atomic E-state index is -2.16. The van der Waals surface area contributed by atoms with E-state index in [4.69, 9.17) is 0 Å². The zero-order valence-electron chi connectivity index (χ0n) is 19.8. The second-order valence-corrected chi connectivity index (χ2v) is 23.7. The van der Waals surface area contributed by atoms with Gasteiger partial charge >= 0.3 is 181 Å². The van der Waals surface area contributed by atoms with Gasteiger partial charge in [-0.25, -0.2) is 0 Å². The molecule has 0 unspecified atom stereocenters. The molecule has 28 heavy (non-hydrogen) atoms. The van der Waals surface area contributed by atoms with Crippen LogP contribution in [0.25, 0.3) is 0 Å². The summed E-state index contributed by atoms with van der Waals surface area (Å²) in [5.41, 5.74) is 0.385. The van der Waals surface area contributed by atoms with Crippen molar-refractivity contribution in [3.8, 4) is 0 Å². The first-order valence-corrected chi connectivity index (χ1v) is 20.5. The molecule has 2 aliphatic rings. The third kappa shape index (κ3) is 6.02. The van der Waals surface area contributed by atoms with E-state index in [1.54, 1.807) is 13.3 Å². The van der Waals surface area contributed by atoms with Gasteiger partial charge in [-0.15, -0.1) is 0 Å². The van der Waals surface area contributed by atoms with E-state index in [2.05, 4.69) is 44.8 Å². The molecule has 164 valence electrons. The summed E-state index contributed by atoms with van der Waals surface area (Å²) in [5.74, 6) is 2.05. The van der Waals surface area contributed by atoms with Crippen LogP contribution < -0.4 is 0 Å². The second-order valence-electron chi connectivity index (χ2n) is 10.6. The van der Waals surface area contributed by atoms with E-state index in [1.165, 1.54) is 64.2 Å². The zero-order chi connectivity index (χ0) is 20.6. The van der Waals surface area contributed by atoms with E-state index in [0.717, 1.165) is 12.3 Å². The molecule has 2 aliphatic carbocycles. The summed E-state index contributed by atoms with van der Waals surface area (Å²) in [5, 5.41) is 10.6. The molecule has 0 amide bonds. The standard InChI is InChI=1S/C14H23O.3C4H9.Sn/c1-4-10(2)11-7-8-12-13(15)6-5-9-14(11,12)3;3*1-3-4-2;/h1,4,10-13,15H,5-9H2,2-3H3;3*1,3-4H2,2H3;/t10-,11-,12+,13+,14-;;;;/m1..../s1. The van der Waals surface area contributed by atoms with E-state index in [1.807, 2.05) is 0 Å². The van der Waals surface area contributed by atoms with Crippen molar-refractivity contribution >= 4 is 18.4 Å². The van der Waals surface area contributed by atoms with Crippen molar-refractivity contribution in [1.29, 1.82) is 0 Å². The van der Waals surface area contributed by atoms with Crippen LogP contribution in [-0.4, -0.2) is 29.6 Å². The van der Waals surface area contributed by atoms with Crippen molar-refractivity contribution < 1.29 is 5.11 Å². The summed E-state index contributed by atoms with van der Waals surface area (Å²) in [7, 11) is 0.